The zero-order valence-electron chi connectivity index (χ0n) is 16.7. The maximum absolute atomic E-state index is 12.9. The SMILES string of the molecule is COc1cc(C(=O)N2CCC(c3ccc(N)nn3)CC2)ncc1OCC1CCC1. The first-order valence-electron chi connectivity index (χ1n) is 10.2. The van der Waals surface area contributed by atoms with Crippen molar-refractivity contribution in [2.75, 3.05) is 32.5 Å². The second-order valence-corrected chi connectivity index (χ2v) is 7.78. The van der Waals surface area contributed by atoms with Crippen LogP contribution in [0, 0.1) is 5.92 Å². The third-order valence-corrected chi connectivity index (χ3v) is 5.88. The number of piperidine rings is 1. The van der Waals surface area contributed by atoms with Gasteiger partial charge in [-0.1, -0.05) is 6.42 Å². The van der Waals surface area contributed by atoms with Gasteiger partial charge in [-0.05, 0) is 43.7 Å². The molecule has 2 N–H and O–H groups in total. The molecule has 0 spiro atoms. The monoisotopic (exact) mass is 397 g/mol. The van der Waals surface area contributed by atoms with E-state index in [1.165, 1.54) is 19.3 Å². The molecule has 4 rings (SSSR count). The van der Waals surface area contributed by atoms with Gasteiger partial charge in [0.05, 0.1) is 25.6 Å². The minimum Gasteiger partial charge on any atom is -0.493 e. The fourth-order valence-corrected chi connectivity index (χ4v) is 3.79. The lowest BCUT2D eigenvalue weighted by Gasteiger charge is -2.31. The van der Waals surface area contributed by atoms with Crippen molar-refractivity contribution in [3.05, 3.63) is 35.8 Å². The third-order valence-electron chi connectivity index (χ3n) is 5.88. The zero-order valence-corrected chi connectivity index (χ0v) is 16.7. The molecule has 0 aromatic carbocycles. The van der Waals surface area contributed by atoms with Crippen LogP contribution in [-0.2, 0) is 0 Å². The van der Waals surface area contributed by atoms with Crippen molar-refractivity contribution in [1.29, 1.82) is 0 Å². The maximum Gasteiger partial charge on any atom is 0.272 e. The largest absolute Gasteiger partial charge is 0.493 e. The minimum atomic E-state index is -0.0873. The summed E-state index contributed by atoms with van der Waals surface area (Å²) in [6, 6.07) is 5.36. The minimum absolute atomic E-state index is 0.0873. The summed E-state index contributed by atoms with van der Waals surface area (Å²) < 4.78 is 11.3. The molecule has 0 atom stereocenters. The van der Waals surface area contributed by atoms with Crippen LogP contribution >= 0.6 is 0 Å². The van der Waals surface area contributed by atoms with E-state index in [1.54, 1.807) is 25.4 Å². The molecule has 2 fully saturated rings. The topological polar surface area (TPSA) is 103 Å². The van der Waals surface area contributed by atoms with Crippen LogP contribution in [-0.4, -0.2) is 52.8 Å². The van der Waals surface area contributed by atoms with Crippen molar-refractivity contribution >= 4 is 11.7 Å². The Labute approximate surface area is 170 Å². The second kappa shape index (κ2) is 8.63. The standard InChI is InChI=1S/C21H27N5O3/c1-28-18-11-17(23-12-19(18)29-13-14-3-2-4-14)21(27)26-9-7-15(8-10-26)16-5-6-20(22)25-24-16/h5-6,11-12,14-15H,2-4,7-10,13H2,1H3,(H2,22,25). The fourth-order valence-electron chi connectivity index (χ4n) is 3.79. The highest BCUT2D eigenvalue weighted by Gasteiger charge is 2.27. The number of methoxy groups -OCH3 is 1. The molecule has 0 radical (unpaired) electrons. The highest BCUT2D eigenvalue weighted by atomic mass is 16.5. The van der Waals surface area contributed by atoms with Crippen molar-refractivity contribution < 1.29 is 14.3 Å². The van der Waals surface area contributed by atoms with Crippen LogP contribution in [0.25, 0.3) is 0 Å². The second-order valence-electron chi connectivity index (χ2n) is 7.78. The maximum atomic E-state index is 12.9. The number of carbonyl (C=O) groups is 1. The molecular formula is C21H27N5O3. The number of nitrogens with two attached hydrogens (primary N) is 1. The van der Waals surface area contributed by atoms with Gasteiger partial charge in [-0.25, -0.2) is 4.98 Å². The van der Waals surface area contributed by atoms with E-state index in [9.17, 15) is 4.79 Å². The summed E-state index contributed by atoms with van der Waals surface area (Å²) in [5.74, 6) is 2.38. The number of anilines is 1. The molecule has 2 aliphatic rings. The summed E-state index contributed by atoms with van der Waals surface area (Å²) in [5.41, 5.74) is 6.92. The Morgan fingerprint density at radius 2 is 1.97 bits per heavy atom. The van der Waals surface area contributed by atoms with Gasteiger partial charge >= 0.3 is 0 Å². The van der Waals surface area contributed by atoms with Crippen LogP contribution in [0.4, 0.5) is 5.82 Å². The molecule has 0 unspecified atom stereocenters. The molecule has 3 heterocycles. The molecule has 2 aromatic heterocycles. The number of likely N-dealkylation sites (tertiary alicyclic amines) is 1. The summed E-state index contributed by atoms with van der Waals surface area (Å²) in [5, 5.41) is 8.11. The normalized spacial score (nSPS) is 17.6. The molecule has 8 nitrogen and oxygen atoms in total. The number of ether oxygens (including phenoxy) is 2. The summed E-state index contributed by atoms with van der Waals surface area (Å²) in [7, 11) is 1.58. The Kier molecular flexibility index (Phi) is 5.78. The molecular weight excluding hydrogens is 370 g/mol. The summed E-state index contributed by atoms with van der Waals surface area (Å²) in [4.78, 5) is 19.1. The molecule has 0 bridgehead atoms. The quantitative estimate of drug-likeness (QED) is 0.799. The smallest absolute Gasteiger partial charge is 0.272 e. The van der Waals surface area contributed by atoms with Crippen molar-refractivity contribution in [2.24, 2.45) is 5.92 Å². The number of carbonyl (C=O) groups excluding carboxylic acids is 1. The van der Waals surface area contributed by atoms with Gasteiger partial charge in [-0.2, -0.15) is 5.10 Å². The third kappa shape index (κ3) is 4.41. The van der Waals surface area contributed by atoms with E-state index < -0.39 is 0 Å². The Bertz CT molecular complexity index is 846. The predicted molar refractivity (Wildman–Crippen MR) is 108 cm³/mol. The molecule has 154 valence electrons. The molecule has 1 aliphatic heterocycles. The lowest BCUT2D eigenvalue weighted by Crippen LogP contribution is -2.38. The van der Waals surface area contributed by atoms with Crippen LogP contribution in [0.3, 0.4) is 0 Å². The average molecular weight is 397 g/mol. The van der Waals surface area contributed by atoms with E-state index in [-0.39, 0.29) is 11.8 Å². The highest BCUT2D eigenvalue weighted by molar-refractivity contribution is 5.93. The number of aromatic nitrogens is 3. The van der Waals surface area contributed by atoms with E-state index in [4.69, 9.17) is 15.2 Å². The lowest BCUT2D eigenvalue weighted by molar-refractivity contribution is 0.0705. The first-order chi connectivity index (χ1) is 14.1. The first kappa shape index (κ1) is 19.4. The van der Waals surface area contributed by atoms with Crippen molar-refractivity contribution in [3.63, 3.8) is 0 Å². The number of pyridine rings is 1. The molecule has 1 aliphatic carbocycles. The zero-order chi connectivity index (χ0) is 20.2. The Balaban J connectivity index is 1.37. The van der Waals surface area contributed by atoms with Crippen LogP contribution < -0.4 is 15.2 Å². The molecule has 1 saturated carbocycles. The molecule has 8 heteroatoms. The summed E-state index contributed by atoms with van der Waals surface area (Å²) in [6.07, 6.45) is 6.97. The lowest BCUT2D eigenvalue weighted by atomic mass is 9.86. The fraction of sp³-hybridized carbons (Fsp3) is 0.524. The molecule has 29 heavy (non-hydrogen) atoms. The van der Waals surface area contributed by atoms with Gasteiger partial charge in [0, 0.05) is 25.1 Å². The Hall–Kier alpha value is -2.90. The van der Waals surface area contributed by atoms with E-state index in [1.807, 2.05) is 11.0 Å². The van der Waals surface area contributed by atoms with Crippen LogP contribution in [0.2, 0.25) is 0 Å². The van der Waals surface area contributed by atoms with Crippen LogP contribution in [0.15, 0.2) is 24.4 Å². The van der Waals surface area contributed by atoms with Gasteiger partial charge in [0.1, 0.15) is 11.5 Å². The predicted octanol–water partition coefficient (Wildman–Crippen LogP) is 2.66. The van der Waals surface area contributed by atoms with E-state index in [0.29, 0.717) is 48.6 Å². The average Bonchev–Trinajstić information content (AvgIpc) is 2.73. The molecule has 1 amide bonds. The van der Waals surface area contributed by atoms with Gasteiger partial charge < -0.3 is 20.1 Å². The van der Waals surface area contributed by atoms with Gasteiger partial charge in [0.2, 0.25) is 0 Å². The number of nitrogen functional groups attached to an aromatic ring is 1. The van der Waals surface area contributed by atoms with Gasteiger partial charge in [-0.15, -0.1) is 5.10 Å². The van der Waals surface area contributed by atoms with Crippen molar-refractivity contribution in [3.8, 4) is 11.5 Å². The summed E-state index contributed by atoms with van der Waals surface area (Å²) in [6.45, 7) is 1.98. The van der Waals surface area contributed by atoms with Crippen LogP contribution in [0.5, 0.6) is 11.5 Å². The molecule has 2 aromatic rings. The Morgan fingerprint density at radius 3 is 2.59 bits per heavy atom. The highest BCUT2D eigenvalue weighted by Crippen LogP contribution is 2.32. The van der Waals surface area contributed by atoms with E-state index >= 15 is 0 Å². The molecule has 1 saturated heterocycles. The number of hydrogen-bond donors (Lipinski definition) is 1. The number of nitrogens with zero attached hydrogens (tertiary/aromatic N) is 4. The van der Waals surface area contributed by atoms with Crippen molar-refractivity contribution in [1.82, 2.24) is 20.1 Å². The first-order valence-corrected chi connectivity index (χ1v) is 10.2. The number of amides is 1. The van der Waals surface area contributed by atoms with Gasteiger partial charge in [0.15, 0.2) is 11.5 Å². The van der Waals surface area contributed by atoms with Gasteiger partial charge in [-0.3, -0.25) is 4.79 Å². The van der Waals surface area contributed by atoms with Crippen LogP contribution in [0.1, 0.15) is 54.2 Å². The number of hydrogen-bond acceptors (Lipinski definition) is 7. The number of rotatable bonds is 6. The Morgan fingerprint density at radius 1 is 1.17 bits per heavy atom. The van der Waals surface area contributed by atoms with Gasteiger partial charge in [0.25, 0.3) is 5.91 Å². The van der Waals surface area contributed by atoms with E-state index in [2.05, 4.69) is 15.2 Å². The summed E-state index contributed by atoms with van der Waals surface area (Å²) >= 11 is 0. The van der Waals surface area contributed by atoms with E-state index in [0.717, 1.165) is 18.5 Å². The van der Waals surface area contributed by atoms with Crippen molar-refractivity contribution in [2.45, 2.75) is 38.0 Å².